The summed E-state index contributed by atoms with van der Waals surface area (Å²) in [6.45, 7) is 4.22. The summed E-state index contributed by atoms with van der Waals surface area (Å²) in [6.07, 6.45) is 4.33. The number of β-amino-alcohol motifs (C(OH)–C–C–N with tert-alkyl or cyclic N) is 1. The Labute approximate surface area is 212 Å². The molecule has 0 aliphatic carbocycles. The third-order valence-electron chi connectivity index (χ3n) is 6.15. The number of piperazine rings is 1. The van der Waals surface area contributed by atoms with E-state index < -0.39 is 5.82 Å². The van der Waals surface area contributed by atoms with Crippen molar-refractivity contribution in [2.45, 2.75) is 0 Å². The van der Waals surface area contributed by atoms with Crippen molar-refractivity contribution in [1.29, 1.82) is 0 Å². The van der Waals surface area contributed by atoms with E-state index in [2.05, 4.69) is 35.1 Å². The van der Waals surface area contributed by atoms with Crippen molar-refractivity contribution >= 4 is 34.4 Å². The molecule has 0 bridgehead atoms. The first-order chi connectivity index (χ1) is 17.5. The first-order valence-electron chi connectivity index (χ1n) is 11.6. The number of halogens is 2. The monoisotopic (exact) mass is 509 g/mol. The number of fused-ring (bicyclic) bond motifs is 1. The number of pyridine rings is 3. The molecule has 0 aromatic carbocycles. The molecular formula is C25H25ClFN7O2. The predicted octanol–water partition coefficient (Wildman–Crippen LogP) is 3.03. The van der Waals surface area contributed by atoms with Crippen molar-refractivity contribution in [3.8, 4) is 22.5 Å². The van der Waals surface area contributed by atoms with Crippen molar-refractivity contribution in [1.82, 2.24) is 29.7 Å². The van der Waals surface area contributed by atoms with Gasteiger partial charge in [-0.15, -0.1) is 0 Å². The summed E-state index contributed by atoms with van der Waals surface area (Å²) >= 11 is 6.16. The zero-order valence-corrected chi connectivity index (χ0v) is 20.2. The number of nitrogens with one attached hydrogen (secondary N) is 2. The topological polar surface area (TPSA) is 110 Å². The van der Waals surface area contributed by atoms with Crippen LogP contribution in [-0.4, -0.2) is 86.6 Å². The highest BCUT2D eigenvalue weighted by atomic mass is 35.5. The number of H-pyrrole nitrogens is 1. The maximum atomic E-state index is 13.5. The molecule has 5 rings (SSSR count). The molecule has 0 radical (unpaired) electrons. The van der Waals surface area contributed by atoms with Gasteiger partial charge in [-0.25, -0.2) is 9.37 Å². The van der Waals surface area contributed by atoms with Gasteiger partial charge in [0, 0.05) is 50.7 Å². The number of carbonyl (C=O) groups excluding carboxylic acids is 1. The molecule has 4 aromatic rings. The van der Waals surface area contributed by atoms with Crippen molar-refractivity contribution in [3.63, 3.8) is 0 Å². The van der Waals surface area contributed by atoms with Gasteiger partial charge in [0.15, 0.2) is 0 Å². The number of aliphatic hydroxyl groups is 1. The fourth-order valence-electron chi connectivity index (χ4n) is 4.39. The van der Waals surface area contributed by atoms with Gasteiger partial charge in [-0.2, -0.15) is 0 Å². The Bertz CT molecular complexity index is 1370. The average Bonchev–Trinajstić information content (AvgIpc) is 3.24. The zero-order chi connectivity index (χ0) is 25.1. The minimum atomic E-state index is -0.431. The lowest BCUT2D eigenvalue weighted by Crippen LogP contribution is -2.49. The molecule has 1 amide bonds. The molecule has 1 aliphatic rings. The first kappa shape index (κ1) is 24.3. The highest BCUT2D eigenvalue weighted by molar-refractivity contribution is 6.31. The number of aliphatic hydroxyl groups excluding tert-OH is 1. The van der Waals surface area contributed by atoms with Gasteiger partial charge in [0.1, 0.15) is 11.6 Å². The van der Waals surface area contributed by atoms with Crippen molar-refractivity contribution in [2.75, 3.05) is 51.2 Å². The molecule has 0 unspecified atom stereocenters. The van der Waals surface area contributed by atoms with Gasteiger partial charge >= 0.3 is 0 Å². The normalized spacial score (nSPS) is 14.9. The minimum Gasteiger partial charge on any atom is -0.395 e. The Morgan fingerprint density at radius 1 is 1.08 bits per heavy atom. The van der Waals surface area contributed by atoms with E-state index in [4.69, 9.17) is 16.7 Å². The molecule has 0 saturated carbocycles. The molecular weight excluding hydrogens is 485 g/mol. The Morgan fingerprint density at radius 2 is 1.89 bits per heavy atom. The molecule has 5 heterocycles. The Hall–Kier alpha value is -3.44. The van der Waals surface area contributed by atoms with Crippen LogP contribution in [0, 0.1) is 5.82 Å². The van der Waals surface area contributed by atoms with E-state index >= 15 is 0 Å². The summed E-state index contributed by atoms with van der Waals surface area (Å²) in [5, 5.41) is 12.5. The quantitative estimate of drug-likeness (QED) is 0.351. The number of carbonyl (C=O) groups is 1. The summed E-state index contributed by atoms with van der Waals surface area (Å²) in [5.41, 5.74) is 4.07. The molecule has 1 aliphatic heterocycles. The van der Waals surface area contributed by atoms with Crippen LogP contribution in [0.5, 0.6) is 0 Å². The fourth-order valence-corrected chi connectivity index (χ4v) is 4.55. The molecule has 186 valence electrons. The van der Waals surface area contributed by atoms with E-state index in [0.717, 1.165) is 37.9 Å². The Balaban J connectivity index is 1.39. The molecule has 1 fully saturated rings. The number of aromatic nitrogens is 4. The second-order valence-corrected chi connectivity index (χ2v) is 9.04. The van der Waals surface area contributed by atoms with E-state index in [1.165, 1.54) is 6.07 Å². The minimum absolute atomic E-state index is 0.140. The van der Waals surface area contributed by atoms with Crippen LogP contribution in [0.1, 0.15) is 0 Å². The molecule has 3 N–H and O–H groups in total. The molecule has 11 heteroatoms. The predicted molar refractivity (Wildman–Crippen MR) is 136 cm³/mol. The van der Waals surface area contributed by atoms with E-state index in [0.29, 0.717) is 45.4 Å². The number of amides is 1. The van der Waals surface area contributed by atoms with Crippen LogP contribution in [0.25, 0.3) is 33.5 Å². The van der Waals surface area contributed by atoms with E-state index in [1.807, 2.05) is 6.07 Å². The largest absolute Gasteiger partial charge is 0.395 e. The van der Waals surface area contributed by atoms with Gasteiger partial charge < -0.3 is 15.4 Å². The third kappa shape index (κ3) is 5.36. The van der Waals surface area contributed by atoms with Gasteiger partial charge in [0.25, 0.3) is 0 Å². The smallest absolute Gasteiger partial charge is 0.239 e. The third-order valence-corrected chi connectivity index (χ3v) is 6.36. The maximum Gasteiger partial charge on any atom is 0.239 e. The summed E-state index contributed by atoms with van der Waals surface area (Å²) in [4.78, 5) is 33.4. The zero-order valence-electron chi connectivity index (χ0n) is 19.4. The number of rotatable bonds is 7. The van der Waals surface area contributed by atoms with Gasteiger partial charge in [-0.1, -0.05) is 11.6 Å². The summed E-state index contributed by atoms with van der Waals surface area (Å²) in [6, 6.07) is 8.31. The van der Waals surface area contributed by atoms with Crippen molar-refractivity contribution < 1.29 is 14.3 Å². The van der Waals surface area contributed by atoms with Gasteiger partial charge in [-0.3, -0.25) is 24.6 Å². The highest BCUT2D eigenvalue weighted by Gasteiger charge is 2.20. The number of nitrogens with zero attached hydrogens (tertiary/aromatic N) is 5. The fraction of sp³-hybridized carbons (Fsp3) is 0.280. The lowest BCUT2D eigenvalue weighted by atomic mass is 10.0. The van der Waals surface area contributed by atoms with Crippen LogP contribution >= 0.6 is 11.6 Å². The van der Waals surface area contributed by atoms with Crippen molar-refractivity contribution in [3.05, 3.63) is 59.8 Å². The molecule has 9 nitrogen and oxygen atoms in total. The SMILES string of the molecule is O=C(CN1CCN(CCO)CC1)Nc1cc(-c2[nH]c3cc(Cl)cnc3c2-c2ccc(F)cn2)ccn1. The van der Waals surface area contributed by atoms with Gasteiger partial charge in [0.2, 0.25) is 5.91 Å². The Kier molecular flexibility index (Phi) is 7.19. The molecule has 4 aromatic heterocycles. The van der Waals surface area contributed by atoms with E-state index in [9.17, 15) is 9.18 Å². The van der Waals surface area contributed by atoms with Crippen LogP contribution in [0.2, 0.25) is 5.02 Å². The van der Waals surface area contributed by atoms with Crippen molar-refractivity contribution in [2.24, 2.45) is 0 Å². The summed E-state index contributed by atoms with van der Waals surface area (Å²) < 4.78 is 13.5. The maximum absolute atomic E-state index is 13.5. The van der Waals surface area contributed by atoms with Crippen LogP contribution in [-0.2, 0) is 4.79 Å². The van der Waals surface area contributed by atoms with Crippen LogP contribution in [0.3, 0.4) is 0 Å². The standard InChI is InChI=1S/C25H25ClFN7O2/c26-17-12-20-25(30-13-17)23(19-2-1-18(27)14-29-19)24(31-20)16-3-4-28-21(11-16)32-22(36)15-34-7-5-33(6-8-34)9-10-35/h1-4,11-14,31,35H,5-10,15H2,(H,28,32,36). The van der Waals surface area contributed by atoms with E-state index in [-0.39, 0.29) is 19.1 Å². The lowest BCUT2D eigenvalue weighted by Gasteiger charge is -2.33. The number of aromatic amines is 1. The van der Waals surface area contributed by atoms with Crippen LogP contribution in [0.15, 0.2) is 48.9 Å². The number of hydrogen-bond acceptors (Lipinski definition) is 7. The lowest BCUT2D eigenvalue weighted by molar-refractivity contribution is -0.117. The average molecular weight is 510 g/mol. The summed E-state index contributed by atoms with van der Waals surface area (Å²) in [7, 11) is 0. The van der Waals surface area contributed by atoms with Gasteiger partial charge in [0.05, 0.1) is 52.4 Å². The molecule has 36 heavy (non-hydrogen) atoms. The summed E-state index contributed by atoms with van der Waals surface area (Å²) in [5.74, 6) is -0.167. The number of hydrogen-bond donors (Lipinski definition) is 3. The molecule has 1 saturated heterocycles. The second kappa shape index (κ2) is 10.7. The number of anilines is 1. The second-order valence-electron chi connectivity index (χ2n) is 8.61. The van der Waals surface area contributed by atoms with E-state index in [1.54, 1.807) is 30.6 Å². The highest BCUT2D eigenvalue weighted by Crippen LogP contribution is 2.37. The Morgan fingerprint density at radius 3 is 2.64 bits per heavy atom. The first-order valence-corrected chi connectivity index (χ1v) is 12.0. The molecule has 0 atom stereocenters. The van der Waals surface area contributed by atoms with Crippen LogP contribution < -0.4 is 5.32 Å². The molecule has 0 spiro atoms. The van der Waals surface area contributed by atoms with Crippen LogP contribution in [0.4, 0.5) is 10.2 Å². The van der Waals surface area contributed by atoms with Gasteiger partial charge in [-0.05, 0) is 30.3 Å².